The van der Waals surface area contributed by atoms with Crippen LogP contribution in [0.5, 0.6) is 11.5 Å². The Morgan fingerprint density at radius 3 is 1.95 bits per heavy atom. The Morgan fingerprint density at radius 2 is 1.55 bits per heavy atom. The van der Waals surface area contributed by atoms with Crippen LogP contribution in [0.4, 0.5) is 11.4 Å². The average molecular weight is 303 g/mol. The number of nitroso groups, excluding NO2 is 1. The van der Waals surface area contributed by atoms with Crippen LogP contribution in [0.3, 0.4) is 0 Å². The molecule has 0 saturated carbocycles. The third kappa shape index (κ3) is 3.72. The second-order valence-electron chi connectivity index (χ2n) is 4.30. The minimum absolute atomic E-state index is 0.409. The van der Waals surface area contributed by atoms with Crippen molar-refractivity contribution in [2.75, 3.05) is 18.7 Å². The van der Waals surface area contributed by atoms with Gasteiger partial charge in [0.05, 0.1) is 7.11 Å². The molecule has 2 aromatic carbocycles. The molecule has 0 bridgehead atoms. The Bertz CT molecular complexity index is 640. The topological polar surface area (TPSA) is 90.0 Å². The first-order chi connectivity index (χ1) is 10.6. The fourth-order valence-corrected chi connectivity index (χ4v) is 1.82. The number of carboxylic acids is 1. The molecule has 2 N–H and O–H groups in total. The van der Waals surface area contributed by atoms with E-state index in [-0.39, 0.29) is 0 Å². The van der Waals surface area contributed by atoms with Gasteiger partial charge in [0.25, 0.3) is 0 Å². The third-order valence-electron chi connectivity index (χ3n) is 2.88. The van der Waals surface area contributed by atoms with E-state index in [9.17, 15) is 9.70 Å². The molecule has 0 spiro atoms. The largest absolute Gasteiger partial charge is 0.497 e. The SMILES string of the molecule is COc1ccc(N([NH+]=O)c2ccc(OCC(=O)O)cc2)cc1. The van der Waals surface area contributed by atoms with Crippen LogP contribution in [-0.4, -0.2) is 24.8 Å². The molecule has 2 rings (SSSR count). The summed E-state index contributed by atoms with van der Waals surface area (Å²) in [4.78, 5) is 21.7. The van der Waals surface area contributed by atoms with Gasteiger partial charge >= 0.3 is 5.97 Å². The number of carbonyl (C=O) groups is 1. The fraction of sp³-hybridized carbons (Fsp3) is 0.133. The second-order valence-corrected chi connectivity index (χ2v) is 4.30. The molecule has 0 saturated heterocycles. The van der Waals surface area contributed by atoms with Crippen LogP contribution in [0.15, 0.2) is 48.5 Å². The molecule has 0 unspecified atom stereocenters. The van der Waals surface area contributed by atoms with Crippen molar-refractivity contribution in [3.8, 4) is 11.5 Å². The summed E-state index contributed by atoms with van der Waals surface area (Å²) in [5.41, 5.74) is 1.22. The van der Waals surface area contributed by atoms with E-state index in [4.69, 9.17) is 14.6 Å². The van der Waals surface area contributed by atoms with E-state index in [1.54, 1.807) is 55.6 Å². The quantitative estimate of drug-likeness (QED) is 0.743. The van der Waals surface area contributed by atoms with E-state index >= 15 is 0 Å². The van der Waals surface area contributed by atoms with Gasteiger partial charge in [-0.15, -0.1) is 0 Å². The molecule has 0 atom stereocenters. The van der Waals surface area contributed by atoms with Crippen molar-refractivity contribution in [2.24, 2.45) is 0 Å². The van der Waals surface area contributed by atoms with E-state index in [0.717, 1.165) is 0 Å². The number of rotatable bonds is 7. The maximum absolute atomic E-state index is 11.2. The first-order valence-corrected chi connectivity index (χ1v) is 6.40. The summed E-state index contributed by atoms with van der Waals surface area (Å²) in [6.07, 6.45) is 0. The summed E-state index contributed by atoms with van der Waals surface area (Å²) in [6.45, 7) is -0.415. The van der Waals surface area contributed by atoms with Crippen molar-refractivity contribution in [2.45, 2.75) is 0 Å². The fourth-order valence-electron chi connectivity index (χ4n) is 1.82. The minimum Gasteiger partial charge on any atom is -0.497 e. The molecule has 0 aliphatic rings. The second kappa shape index (κ2) is 7.07. The number of benzene rings is 2. The number of carboxylic acid groups (broad SMARTS) is 1. The highest BCUT2D eigenvalue weighted by molar-refractivity contribution is 5.68. The molecule has 0 aromatic heterocycles. The normalized spacial score (nSPS) is 9.86. The number of nitrogens with one attached hydrogen (secondary N) is 1. The number of hydrogen-bond donors (Lipinski definition) is 2. The zero-order valence-corrected chi connectivity index (χ0v) is 11.9. The van der Waals surface area contributed by atoms with Gasteiger partial charge in [-0.05, 0) is 48.5 Å². The van der Waals surface area contributed by atoms with Gasteiger partial charge in [-0.2, -0.15) is 0 Å². The van der Waals surface area contributed by atoms with Crippen molar-refractivity contribution in [1.82, 2.24) is 0 Å². The zero-order chi connectivity index (χ0) is 15.9. The minimum atomic E-state index is -1.05. The van der Waals surface area contributed by atoms with Gasteiger partial charge in [0.2, 0.25) is 0 Å². The molecule has 0 amide bonds. The van der Waals surface area contributed by atoms with Crippen molar-refractivity contribution in [1.29, 1.82) is 0 Å². The molecule has 7 nitrogen and oxygen atoms in total. The van der Waals surface area contributed by atoms with Crippen LogP contribution in [0.1, 0.15) is 0 Å². The van der Waals surface area contributed by atoms with E-state index in [2.05, 4.69) is 0 Å². The van der Waals surface area contributed by atoms with E-state index in [1.807, 2.05) is 5.29 Å². The summed E-state index contributed by atoms with van der Waals surface area (Å²) >= 11 is 0. The predicted octanol–water partition coefficient (Wildman–Crippen LogP) is 1.06. The van der Waals surface area contributed by atoms with Crippen LogP contribution in [0, 0.1) is 4.91 Å². The van der Waals surface area contributed by atoms with E-state index < -0.39 is 12.6 Å². The van der Waals surface area contributed by atoms with Gasteiger partial charge < -0.3 is 14.6 Å². The van der Waals surface area contributed by atoms with Crippen LogP contribution < -0.4 is 19.8 Å². The molecule has 114 valence electrons. The van der Waals surface area contributed by atoms with Gasteiger partial charge in [0, 0.05) is 4.91 Å². The summed E-state index contributed by atoms with van der Waals surface area (Å²) in [5, 5.41) is 11.7. The summed E-state index contributed by atoms with van der Waals surface area (Å²) in [6, 6.07) is 13.4. The Labute approximate surface area is 126 Å². The first kappa shape index (κ1) is 15.3. The molecule has 7 heteroatoms. The van der Waals surface area contributed by atoms with Crippen molar-refractivity contribution < 1.29 is 24.7 Å². The summed E-state index contributed by atoms with van der Waals surface area (Å²) < 4.78 is 10.1. The van der Waals surface area contributed by atoms with Gasteiger partial charge in [0.15, 0.2) is 6.61 Å². The van der Waals surface area contributed by atoms with Crippen molar-refractivity contribution in [3.63, 3.8) is 0 Å². The van der Waals surface area contributed by atoms with Crippen LogP contribution in [-0.2, 0) is 4.79 Å². The average Bonchev–Trinajstić information content (AvgIpc) is 2.55. The van der Waals surface area contributed by atoms with Crippen LogP contribution in [0.25, 0.3) is 0 Å². The highest BCUT2D eigenvalue weighted by Crippen LogP contribution is 2.25. The lowest BCUT2D eigenvalue weighted by Gasteiger charge is -2.11. The standard InChI is InChI=1S/C15H14N2O5/c1-21-13-6-2-11(3-7-13)17(16-20)12-4-8-14(9-5-12)22-10-15(18)19/h2-9H,10H2,1H3,(H,18,19)/p+1. The predicted molar refractivity (Wildman–Crippen MR) is 79.0 cm³/mol. The summed E-state index contributed by atoms with van der Waals surface area (Å²) in [7, 11) is 1.56. The smallest absolute Gasteiger partial charge is 0.341 e. The van der Waals surface area contributed by atoms with Crippen molar-refractivity contribution >= 4 is 17.3 Å². The lowest BCUT2D eigenvalue weighted by molar-refractivity contribution is -0.484. The Morgan fingerprint density at radius 1 is 1.05 bits per heavy atom. The van der Waals surface area contributed by atoms with E-state index in [1.165, 1.54) is 5.01 Å². The molecular formula is C15H15N2O5+. The molecule has 0 heterocycles. The molecule has 22 heavy (non-hydrogen) atoms. The number of methoxy groups -OCH3 is 1. The highest BCUT2D eigenvalue weighted by atomic mass is 16.5. The molecule has 0 aliphatic carbocycles. The van der Waals surface area contributed by atoms with Crippen LogP contribution >= 0.6 is 0 Å². The Balaban J connectivity index is 2.16. The molecule has 2 aromatic rings. The van der Waals surface area contributed by atoms with Gasteiger partial charge in [-0.3, -0.25) is 0 Å². The number of hydrazine groups is 1. The van der Waals surface area contributed by atoms with Gasteiger partial charge in [-0.25, -0.2) is 4.79 Å². The number of hydrogen-bond acceptors (Lipinski definition) is 4. The van der Waals surface area contributed by atoms with E-state index in [0.29, 0.717) is 22.9 Å². The van der Waals surface area contributed by atoms with Crippen molar-refractivity contribution in [3.05, 3.63) is 53.4 Å². The molecular weight excluding hydrogens is 288 g/mol. The first-order valence-electron chi connectivity index (χ1n) is 6.40. The molecule has 0 radical (unpaired) electrons. The number of aliphatic carboxylic acids is 1. The number of ether oxygens (including phenoxy) is 2. The van der Waals surface area contributed by atoms with Crippen LogP contribution in [0.2, 0.25) is 0 Å². The maximum Gasteiger partial charge on any atom is 0.341 e. The molecule has 0 aliphatic heterocycles. The summed E-state index contributed by atoms with van der Waals surface area (Å²) in [5.74, 6) is 0.0453. The Hall–Kier alpha value is -3.09. The van der Waals surface area contributed by atoms with Gasteiger partial charge in [0.1, 0.15) is 28.2 Å². The lowest BCUT2D eigenvalue weighted by atomic mass is 10.2. The highest BCUT2D eigenvalue weighted by Gasteiger charge is 2.15. The third-order valence-corrected chi connectivity index (χ3v) is 2.88. The zero-order valence-electron chi connectivity index (χ0n) is 11.9. The lowest BCUT2D eigenvalue weighted by Crippen LogP contribution is -2.76. The number of nitrogens with zero attached hydrogens (tertiary/aromatic N) is 1. The Kier molecular flexibility index (Phi) is 4.92. The molecule has 0 fully saturated rings. The van der Waals surface area contributed by atoms with Gasteiger partial charge in [-0.1, -0.05) is 5.01 Å². The maximum atomic E-state index is 11.2. The number of anilines is 2. The monoisotopic (exact) mass is 303 g/mol.